The van der Waals surface area contributed by atoms with E-state index in [1.807, 2.05) is 6.07 Å². The fraction of sp³-hybridized carbons (Fsp3) is 0.148. The molecule has 0 aliphatic rings. The SMILES string of the molecule is C=CCN(CC=C)S(=O)(=O)c1ccc(C(=O)N(Cc2cccnc2)c2nc3ccc(S(C)(=O)=O)cc3s2)cc1. The van der Waals surface area contributed by atoms with Gasteiger partial charge < -0.3 is 0 Å². The highest BCUT2D eigenvalue weighted by Gasteiger charge is 2.25. The number of benzene rings is 2. The van der Waals surface area contributed by atoms with Gasteiger partial charge in [0.15, 0.2) is 15.0 Å². The largest absolute Gasteiger partial charge is 0.279 e. The van der Waals surface area contributed by atoms with Crippen LogP contribution in [0.5, 0.6) is 0 Å². The van der Waals surface area contributed by atoms with E-state index >= 15 is 0 Å². The Hall–Kier alpha value is -3.71. The first kappa shape index (κ1) is 28.3. The molecular weight excluding hydrogens is 557 g/mol. The molecule has 2 heterocycles. The molecule has 4 aromatic rings. The van der Waals surface area contributed by atoms with Gasteiger partial charge in [-0.3, -0.25) is 14.7 Å². The second-order valence-electron chi connectivity index (χ2n) is 8.57. The van der Waals surface area contributed by atoms with Crippen molar-refractivity contribution >= 4 is 52.5 Å². The lowest BCUT2D eigenvalue weighted by Gasteiger charge is -2.21. The van der Waals surface area contributed by atoms with E-state index in [-0.39, 0.29) is 35.0 Å². The zero-order valence-corrected chi connectivity index (χ0v) is 23.5. The number of sulfonamides is 1. The third-order valence-corrected chi connectivity index (χ3v) is 9.72. The summed E-state index contributed by atoms with van der Waals surface area (Å²) in [7, 11) is -7.24. The first-order valence-corrected chi connectivity index (χ1v) is 15.8. The Morgan fingerprint density at radius 1 is 0.974 bits per heavy atom. The number of amides is 1. The molecule has 0 unspecified atom stereocenters. The van der Waals surface area contributed by atoms with Gasteiger partial charge in [0.05, 0.1) is 26.6 Å². The fourth-order valence-corrected chi connectivity index (χ4v) is 6.88. The molecule has 2 aromatic heterocycles. The summed E-state index contributed by atoms with van der Waals surface area (Å²) in [6.07, 6.45) is 7.38. The van der Waals surface area contributed by atoms with Gasteiger partial charge in [0.1, 0.15) is 0 Å². The van der Waals surface area contributed by atoms with E-state index in [1.165, 1.54) is 69.1 Å². The molecule has 0 radical (unpaired) electrons. The molecule has 12 heteroatoms. The lowest BCUT2D eigenvalue weighted by atomic mass is 10.2. The predicted octanol–water partition coefficient (Wildman–Crippen LogP) is 4.30. The summed E-state index contributed by atoms with van der Waals surface area (Å²) in [5.74, 6) is -0.403. The van der Waals surface area contributed by atoms with Crippen LogP contribution in [0.3, 0.4) is 0 Å². The average Bonchev–Trinajstić information content (AvgIpc) is 3.35. The molecule has 2 aromatic carbocycles. The van der Waals surface area contributed by atoms with E-state index < -0.39 is 25.8 Å². The second kappa shape index (κ2) is 11.6. The maximum absolute atomic E-state index is 13.7. The fourth-order valence-electron chi connectivity index (χ4n) is 3.77. The van der Waals surface area contributed by atoms with Gasteiger partial charge in [0.25, 0.3) is 5.91 Å². The van der Waals surface area contributed by atoms with Crippen LogP contribution in [0.15, 0.2) is 102 Å². The molecule has 0 fully saturated rings. The molecule has 0 saturated carbocycles. The average molecular weight is 583 g/mol. The molecule has 0 atom stereocenters. The van der Waals surface area contributed by atoms with Crippen molar-refractivity contribution in [3.05, 3.63) is 103 Å². The molecule has 0 N–H and O–H groups in total. The Kier molecular flexibility index (Phi) is 8.40. The van der Waals surface area contributed by atoms with Gasteiger partial charge in [0.2, 0.25) is 10.0 Å². The molecule has 0 aliphatic heterocycles. The minimum atomic E-state index is -3.82. The van der Waals surface area contributed by atoms with Crippen LogP contribution in [0, 0.1) is 0 Å². The van der Waals surface area contributed by atoms with E-state index in [9.17, 15) is 21.6 Å². The van der Waals surface area contributed by atoms with Gasteiger partial charge in [-0.2, -0.15) is 4.31 Å². The number of carbonyl (C=O) groups is 1. The molecule has 0 spiro atoms. The molecule has 9 nitrogen and oxygen atoms in total. The number of hydrogen-bond acceptors (Lipinski definition) is 8. The minimum absolute atomic E-state index is 0.0369. The first-order chi connectivity index (χ1) is 18.5. The number of carbonyl (C=O) groups excluding carboxylic acids is 1. The first-order valence-electron chi connectivity index (χ1n) is 11.7. The van der Waals surface area contributed by atoms with E-state index in [0.29, 0.717) is 15.3 Å². The molecule has 202 valence electrons. The molecule has 0 bridgehead atoms. The van der Waals surface area contributed by atoms with Crippen molar-refractivity contribution < 1.29 is 21.6 Å². The summed E-state index contributed by atoms with van der Waals surface area (Å²) in [5, 5.41) is 0.365. The number of sulfone groups is 1. The van der Waals surface area contributed by atoms with Crippen LogP contribution >= 0.6 is 11.3 Å². The monoisotopic (exact) mass is 582 g/mol. The van der Waals surface area contributed by atoms with Crippen LogP contribution in [0.2, 0.25) is 0 Å². The highest BCUT2D eigenvalue weighted by Crippen LogP contribution is 2.32. The summed E-state index contributed by atoms with van der Waals surface area (Å²) >= 11 is 1.19. The predicted molar refractivity (Wildman–Crippen MR) is 153 cm³/mol. The van der Waals surface area contributed by atoms with Crippen LogP contribution in [-0.2, 0) is 26.4 Å². The Labute approximate surface area is 231 Å². The molecule has 1 amide bonds. The highest BCUT2D eigenvalue weighted by molar-refractivity contribution is 7.90. The Morgan fingerprint density at radius 2 is 1.64 bits per heavy atom. The molecule has 0 aliphatic carbocycles. The van der Waals surface area contributed by atoms with Crippen molar-refractivity contribution in [2.24, 2.45) is 0 Å². The normalized spacial score (nSPS) is 11.9. The minimum Gasteiger partial charge on any atom is -0.279 e. The number of anilines is 1. The Morgan fingerprint density at radius 3 is 2.23 bits per heavy atom. The quantitative estimate of drug-likeness (QED) is 0.242. The van der Waals surface area contributed by atoms with Crippen molar-refractivity contribution in [3.8, 4) is 0 Å². The second-order valence-corrected chi connectivity index (χ2v) is 13.5. The Bertz CT molecular complexity index is 1720. The van der Waals surface area contributed by atoms with Crippen molar-refractivity contribution in [2.45, 2.75) is 16.3 Å². The molecule has 0 saturated heterocycles. The summed E-state index contributed by atoms with van der Waals surface area (Å²) in [5.41, 5.74) is 1.57. The maximum atomic E-state index is 13.7. The smallest absolute Gasteiger partial charge is 0.260 e. The van der Waals surface area contributed by atoms with Crippen LogP contribution in [0.4, 0.5) is 5.13 Å². The molecular formula is C27H26N4O5S3. The number of pyridine rings is 1. The van der Waals surface area contributed by atoms with Crippen molar-refractivity contribution in [3.63, 3.8) is 0 Å². The van der Waals surface area contributed by atoms with Gasteiger partial charge in [-0.15, -0.1) is 13.2 Å². The molecule has 39 heavy (non-hydrogen) atoms. The number of rotatable bonds is 11. The standard InChI is InChI=1S/C27H26N4O5S3/c1-4-15-30(16-5-2)39(35,36)22-10-8-21(9-11-22)26(32)31(19-20-7-6-14-28-18-20)27-29-24-13-12-23(38(3,33)34)17-25(24)37-27/h4-14,17-18H,1-2,15-16,19H2,3H3. The topological polar surface area (TPSA) is 118 Å². The zero-order valence-electron chi connectivity index (χ0n) is 21.1. The lowest BCUT2D eigenvalue weighted by molar-refractivity contribution is 0.0985. The van der Waals surface area contributed by atoms with Crippen molar-refractivity contribution in [1.29, 1.82) is 0 Å². The van der Waals surface area contributed by atoms with Crippen LogP contribution in [0.25, 0.3) is 10.2 Å². The number of fused-ring (bicyclic) bond motifs is 1. The van der Waals surface area contributed by atoms with Gasteiger partial charge in [-0.1, -0.05) is 29.6 Å². The number of thiazole rings is 1. The van der Waals surface area contributed by atoms with E-state index in [4.69, 9.17) is 0 Å². The van der Waals surface area contributed by atoms with Crippen LogP contribution in [-0.4, -0.2) is 56.4 Å². The number of aromatic nitrogens is 2. The summed E-state index contributed by atoms with van der Waals surface area (Å²) in [4.78, 5) is 24.1. The van der Waals surface area contributed by atoms with Gasteiger partial charge in [0, 0.05) is 37.3 Å². The van der Waals surface area contributed by atoms with Gasteiger partial charge >= 0.3 is 0 Å². The summed E-state index contributed by atoms with van der Waals surface area (Å²) in [6.45, 7) is 7.61. The zero-order chi connectivity index (χ0) is 28.2. The summed E-state index contributed by atoms with van der Waals surface area (Å²) < 4.78 is 52.0. The van der Waals surface area contributed by atoms with Crippen LogP contribution in [0.1, 0.15) is 15.9 Å². The highest BCUT2D eigenvalue weighted by atomic mass is 32.2. The summed E-state index contributed by atoms with van der Waals surface area (Å²) in [6, 6.07) is 13.9. The lowest BCUT2D eigenvalue weighted by Crippen LogP contribution is -2.32. The maximum Gasteiger partial charge on any atom is 0.260 e. The van der Waals surface area contributed by atoms with Crippen molar-refractivity contribution in [2.75, 3.05) is 24.2 Å². The van der Waals surface area contributed by atoms with Crippen molar-refractivity contribution in [1.82, 2.24) is 14.3 Å². The van der Waals surface area contributed by atoms with Crippen LogP contribution < -0.4 is 4.90 Å². The van der Waals surface area contributed by atoms with E-state index in [1.54, 1.807) is 24.5 Å². The van der Waals surface area contributed by atoms with Gasteiger partial charge in [-0.05, 0) is 54.1 Å². The Balaban J connectivity index is 1.72. The van der Waals surface area contributed by atoms with E-state index in [0.717, 1.165) is 11.8 Å². The van der Waals surface area contributed by atoms with E-state index in [2.05, 4.69) is 23.1 Å². The molecule has 4 rings (SSSR count). The number of hydrogen-bond donors (Lipinski definition) is 0. The third-order valence-electron chi connectivity index (χ3n) is 5.72. The van der Waals surface area contributed by atoms with Gasteiger partial charge in [-0.25, -0.2) is 21.8 Å². The third kappa shape index (κ3) is 6.31. The number of nitrogens with zero attached hydrogens (tertiary/aromatic N) is 4.